The quantitative estimate of drug-likeness (QED) is 0.636. The molecular formula is C19H18ClN3O2S. The summed E-state index contributed by atoms with van der Waals surface area (Å²) in [6, 6.07) is 12.6. The highest BCUT2D eigenvalue weighted by atomic mass is 35.5. The Hall–Kier alpha value is -2.44. The Kier molecular flexibility index (Phi) is 5.54. The number of aromatic amines is 1. The molecule has 2 N–H and O–H groups in total. The third-order valence-corrected chi connectivity index (χ3v) is 4.86. The van der Waals surface area contributed by atoms with Crippen LogP contribution in [0.4, 0.5) is 5.69 Å². The molecule has 1 amide bonds. The van der Waals surface area contributed by atoms with Crippen molar-refractivity contribution in [3.63, 3.8) is 0 Å². The molecule has 0 saturated heterocycles. The second-order valence-electron chi connectivity index (χ2n) is 6.05. The lowest BCUT2D eigenvalue weighted by atomic mass is 10.2. The Labute approximate surface area is 160 Å². The molecule has 0 radical (unpaired) electrons. The molecule has 0 aliphatic carbocycles. The Morgan fingerprint density at radius 3 is 2.81 bits per heavy atom. The normalized spacial score (nSPS) is 10.8. The highest BCUT2D eigenvalue weighted by molar-refractivity contribution is 7.71. The average molecular weight is 388 g/mol. The van der Waals surface area contributed by atoms with E-state index in [0.29, 0.717) is 39.3 Å². The van der Waals surface area contributed by atoms with Crippen LogP contribution < -0.4 is 10.9 Å². The fourth-order valence-electron chi connectivity index (χ4n) is 2.69. The fraction of sp³-hybridized carbons (Fsp3) is 0.211. The van der Waals surface area contributed by atoms with Gasteiger partial charge in [0, 0.05) is 23.7 Å². The molecule has 1 heterocycles. The lowest BCUT2D eigenvalue weighted by Crippen LogP contribution is -2.23. The van der Waals surface area contributed by atoms with E-state index in [0.717, 1.165) is 5.56 Å². The molecule has 0 spiro atoms. The first-order chi connectivity index (χ1) is 12.5. The van der Waals surface area contributed by atoms with Gasteiger partial charge in [-0.3, -0.25) is 14.2 Å². The zero-order chi connectivity index (χ0) is 18.7. The summed E-state index contributed by atoms with van der Waals surface area (Å²) in [5, 5.41) is 4.00. The monoisotopic (exact) mass is 387 g/mol. The highest BCUT2D eigenvalue weighted by Crippen LogP contribution is 2.20. The molecule has 3 rings (SSSR count). The highest BCUT2D eigenvalue weighted by Gasteiger charge is 2.07. The van der Waals surface area contributed by atoms with Gasteiger partial charge in [0.1, 0.15) is 0 Å². The summed E-state index contributed by atoms with van der Waals surface area (Å²) in [6.07, 6.45) is 0.778. The predicted molar refractivity (Wildman–Crippen MR) is 107 cm³/mol. The van der Waals surface area contributed by atoms with Crippen molar-refractivity contribution in [1.82, 2.24) is 9.55 Å². The van der Waals surface area contributed by atoms with Crippen molar-refractivity contribution < 1.29 is 4.79 Å². The number of carbonyl (C=O) groups is 1. The number of para-hydroxylation sites is 1. The zero-order valence-electron chi connectivity index (χ0n) is 14.2. The van der Waals surface area contributed by atoms with Crippen molar-refractivity contribution >= 4 is 46.3 Å². The Bertz CT molecular complexity index is 1090. The zero-order valence-corrected chi connectivity index (χ0v) is 15.8. The van der Waals surface area contributed by atoms with Crippen LogP contribution in [0.5, 0.6) is 0 Å². The number of anilines is 1. The van der Waals surface area contributed by atoms with E-state index in [1.165, 1.54) is 4.57 Å². The van der Waals surface area contributed by atoms with Crippen LogP contribution in [0.1, 0.15) is 18.4 Å². The van der Waals surface area contributed by atoms with Gasteiger partial charge in [-0.15, -0.1) is 0 Å². The molecular weight excluding hydrogens is 370 g/mol. The number of benzene rings is 2. The predicted octanol–water partition coefficient (Wildman–Crippen LogP) is 4.44. The lowest BCUT2D eigenvalue weighted by molar-refractivity contribution is -0.116. The minimum atomic E-state index is -0.143. The van der Waals surface area contributed by atoms with Gasteiger partial charge >= 0.3 is 0 Å². The van der Waals surface area contributed by atoms with E-state index < -0.39 is 0 Å². The number of nitrogens with one attached hydrogen (secondary N) is 2. The maximum atomic E-state index is 12.5. The molecule has 0 saturated carbocycles. The molecule has 134 valence electrons. The number of hydrogen-bond acceptors (Lipinski definition) is 3. The molecule has 0 aliphatic heterocycles. The second kappa shape index (κ2) is 7.85. The minimum Gasteiger partial charge on any atom is -0.332 e. The summed E-state index contributed by atoms with van der Waals surface area (Å²) >= 11 is 11.3. The summed E-state index contributed by atoms with van der Waals surface area (Å²) < 4.78 is 1.85. The first-order valence-corrected chi connectivity index (χ1v) is 9.02. The van der Waals surface area contributed by atoms with Crippen molar-refractivity contribution in [3.05, 3.63) is 68.2 Å². The molecule has 0 fully saturated rings. The van der Waals surface area contributed by atoms with Crippen LogP contribution in [-0.2, 0) is 11.3 Å². The second-order valence-corrected chi connectivity index (χ2v) is 6.84. The van der Waals surface area contributed by atoms with Crippen molar-refractivity contribution in [2.24, 2.45) is 0 Å². The number of halogens is 1. The summed E-state index contributed by atoms with van der Waals surface area (Å²) in [6.45, 7) is 2.28. The van der Waals surface area contributed by atoms with Crippen LogP contribution >= 0.6 is 23.8 Å². The Balaban J connectivity index is 1.65. The molecule has 0 atom stereocenters. The Morgan fingerprint density at radius 2 is 2.04 bits per heavy atom. The van der Waals surface area contributed by atoms with Crippen molar-refractivity contribution in [3.8, 4) is 0 Å². The Morgan fingerprint density at radius 1 is 1.27 bits per heavy atom. The largest absolute Gasteiger partial charge is 0.332 e. The first-order valence-electron chi connectivity index (χ1n) is 8.23. The average Bonchev–Trinajstić information content (AvgIpc) is 2.61. The third-order valence-electron chi connectivity index (χ3n) is 4.13. The summed E-state index contributed by atoms with van der Waals surface area (Å²) in [5.74, 6) is -0.131. The van der Waals surface area contributed by atoms with E-state index in [9.17, 15) is 9.59 Å². The molecule has 0 bridgehead atoms. The van der Waals surface area contributed by atoms with Gasteiger partial charge in [0.05, 0.1) is 10.9 Å². The molecule has 0 unspecified atom stereocenters. The van der Waals surface area contributed by atoms with Gasteiger partial charge in [0.15, 0.2) is 4.77 Å². The van der Waals surface area contributed by atoms with E-state index >= 15 is 0 Å². The topological polar surface area (TPSA) is 66.9 Å². The minimum absolute atomic E-state index is 0.131. The number of carbonyl (C=O) groups excluding carboxylic acids is 1. The molecule has 3 aromatic rings. The fourth-order valence-corrected chi connectivity index (χ4v) is 3.16. The molecule has 1 aromatic heterocycles. The number of aromatic nitrogens is 2. The van der Waals surface area contributed by atoms with E-state index in [1.54, 1.807) is 12.1 Å². The lowest BCUT2D eigenvalue weighted by Gasteiger charge is -2.09. The summed E-state index contributed by atoms with van der Waals surface area (Å²) in [7, 11) is 0. The molecule has 26 heavy (non-hydrogen) atoms. The van der Waals surface area contributed by atoms with Gasteiger partial charge < -0.3 is 10.3 Å². The summed E-state index contributed by atoms with van der Waals surface area (Å²) in [4.78, 5) is 27.7. The first kappa shape index (κ1) is 18.4. The van der Waals surface area contributed by atoms with Crippen molar-refractivity contribution in [1.29, 1.82) is 0 Å². The van der Waals surface area contributed by atoms with E-state index in [4.69, 9.17) is 23.8 Å². The van der Waals surface area contributed by atoms with Crippen molar-refractivity contribution in [2.45, 2.75) is 26.3 Å². The number of fused-ring (bicyclic) bond motifs is 1. The van der Waals surface area contributed by atoms with Crippen LogP contribution in [0.2, 0.25) is 5.02 Å². The van der Waals surface area contributed by atoms with Crippen LogP contribution in [0, 0.1) is 11.7 Å². The van der Waals surface area contributed by atoms with Gasteiger partial charge in [0.25, 0.3) is 5.56 Å². The van der Waals surface area contributed by atoms with Gasteiger partial charge in [0.2, 0.25) is 5.91 Å². The number of H-pyrrole nitrogens is 1. The van der Waals surface area contributed by atoms with E-state index in [-0.39, 0.29) is 17.9 Å². The van der Waals surface area contributed by atoms with Crippen LogP contribution in [0.3, 0.4) is 0 Å². The van der Waals surface area contributed by atoms with Gasteiger partial charge in [-0.25, -0.2) is 0 Å². The van der Waals surface area contributed by atoms with Crippen LogP contribution in [0.15, 0.2) is 47.3 Å². The molecule has 2 aromatic carbocycles. The van der Waals surface area contributed by atoms with Gasteiger partial charge in [-0.05, 0) is 55.4 Å². The number of hydrogen-bond donors (Lipinski definition) is 2. The SMILES string of the molecule is Cc1ccc(NC(=O)CCCn2c(=S)[nH]c3ccccc3c2=O)cc1Cl. The van der Waals surface area contributed by atoms with Crippen LogP contribution in [0.25, 0.3) is 10.9 Å². The molecule has 5 nitrogen and oxygen atoms in total. The number of rotatable bonds is 5. The maximum absolute atomic E-state index is 12.5. The smallest absolute Gasteiger partial charge is 0.262 e. The molecule has 7 heteroatoms. The van der Waals surface area contributed by atoms with E-state index in [2.05, 4.69) is 10.3 Å². The summed E-state index contributed by atoms with van der Waals surface area (Å²) in [5.41, 5.74) is 2.18. The number of nitrogens with zero attached hydrogens (tertiary/aromatic N) is 1. The van der Waals surface area contributed by atoms with E-state index in [1.807, 2.05) is 37.3 Å². The maximum Gasteiger partial charge on any atom is 0.262 e. The van der Waals surface area contributed by atoms with Gasteiger partial charge in [-0.1, -0.05) is 29.8 Å². The number of amides is 1. The van der Waals surface area contributed by atoms with Crippen LogP contribution in [-0.4, -0.2) is 15.5 Å². The third kappa shape index (κ3) is 4.03. The van der Waals surface area contributed by atoms with Crippen molar-refractivity contribution in [2.75, 3.05) is 5.32 Å². The molecule has 0 aliphatic rings. The standard InChI is InChI=1S/C19H18ClN3O2S/c1-12-8-9-13(11-15(12)20)21-17(24)7-4-10-23-18(25)14-5-2-3-6-16(14)22-19(23)26/h2-3,5-6,8-9,11H,4,7,10H2,1H3,(H,21,24)(H,22,26). The van der Waals surface area contributed by atoms with Gasteiger partial charge in [-0.2, -0.15) is 0 Å². The number of aryl methyl sites for hydroxylation is 1.